The van der Waals surface area contributed by atoms with E-state index in [0.717, 1.165) is 67.1 Å². The standard InChI is InChI=1S/C21H26F3N3S/c1-3-17-19(4-2)28-20-8-7-16(21(22,23)24)15-18(20)27(17)12-6-5-11-26-13-9-25-10-14-26/h3-4,7-8,15,25H,1-2,5-6,9-14H2. The monoisotopic (exact) mass is 409 g/mol. The Bertz CT molecular complexity index is 752. The first-order valence-corrected chi connectivity index (χ1v) is 10.3. The van der Waals surface area contributed by atoms with Gasteiger partial charge in [0.1, 0.15) is 0 Å². The van der Waals surface area contributed by atoms with Crippen molar-refractivity contribution in [2.45, 2.75) is 23.9 Å². The van der Waals surface area contributed by atoms with Crippen LogP contribution in [0, 0.1) is 0 Å². The predicted octanol–water partition coefficient (Wildman–Crippen LogP) is 4.89. The average molecular weight is 410 g/mol. The second-order valence-corrected chi connectivity index (χ2v) is 7.97. The molecule has 2 aliphatic rings. The van der Waals surface area contributed by atoms with Gasteiger partial charge < -0.3 is 15.1 Å². The van der Waals surface area contributed by atoms with Crippen LogP contribution in [0.3, 0.4) is 0 Å². The van der Waals surface area contributed by atoms with Crippen molar-refractivity contribution in [3.63, 3.8) is 0 Å². The zero-order chi connectivity index (χ0) is 20.1. The zero-order valence-electron chi connectivity index (χ0n) is 15.9. The first-order valence-electron chi connectivity index (χ1n) is 9.53. The normalized spacial score (nSPS) is 18.2. The molecule has 28 heavy (non-hydrogen) atoms. The van der Waals surface area contributed by atoms with Crippen LogP contribution in [0.5, 0.6) is 0 Å². The van der Waals surface area contributed by atoms with E-state index in [2.05, 4.69) is 23.4 Å². The lowest BCUT2D eigenvalue weighted by molar-refractivity contribution is -0.137. The summed E-state index contributed by atoms with van der Waals surface area (Å²) >= 11 is 1.44. The van der Waals surface area contributed by atoms with E-state index < -0.39 is 11.7 Å². The molecule has 0 atom stereocenters. The number of anilines is 1. The van der Waals surface area contributed by atoms with Crippen molar-refractivity contribution >= 4 is 17.4 Å². The van der Waals surface area contributed by atoms with Gasteiger partial charge in [-0.1, -0.05) is 31.0 Å². The quantitative estimate of drug-likeness (QED) is 0.647. The number of hydrogen-bond acceptors (Lipinski definition) is 4. The number of halogens is 3. The van der Waals surface area contributed by atoms with Crippen molar-refractivity contribution in [3.05, 3.63) is 59.7 Å². The molecule has 3 rings (SSSR count). The minimum Gasteiger partial charge on any atom is -0.340 e. The number of benzene rings is 1. The Morgan fingerprint density at radius 3 is 2.43 bits per heavy atom. The van der Waals surface area contributed by atoms with Gasteiger partial charge in [-0.05, 0) is 43.7 Å². The minimum atomic E-state index is -4.36. The van der Waals surface area contributed by atoms with Gasteiger partial charge in [0.15, 0.2) is 0 Å². The SMILES string of the molecule is C=CC1=C(C=C)N(CCCCN2CCNCC2)c2cc(C(F)(F)F)ccc2S1. The van der Waals surface area contributed by atoms with Crippen LogP contribution in [-0.2, 0) is 6.18 Å². The van der Waals surface area contributed by atoms with Crippen molar-refractivity contribution in [3.8, 4) is 0 Å². The van der Waals surface area contributed by atoms with Gasteiger partial charge in [-0.2, -0.15) is 13.2 Å². The minimum absolute atomic E-state index is 0.600. The largest absolute Gasteiger partial charge is 0.416 e. The third-order valence-corrected chi connectivity index (χ3v) is 6.20. The third-order valence-electron chi connectivity index (χ3n) is 5.03. The van der Waals surface area contributed by atoms with Crippen LogP contribution in [0.2, 0.25) is 0 Å². The molecule has 0 radical (unpaired) electrons. The van der Waals surface area contributed by atoms with Crippen LogP contribution in [0.4, 0.5) is 18.9 Å². The summed E-state index contributed by atoms with van der Waals surface area (Å²) in [5.74, 6) is 0. The number of hydrogen-bond donors (Lipinski definition) is 1. The number of rotatable bonds is 7. The maximum absolute atomic E-state index is 13.2. The third kappa shape index (κ3) is 4.82. The lowest BCUT2D eigenvalue weighted by atomic mass is 10.1. The van der Waals surface area contributed by atoms with E-state index in [-0.39, 0.29) is 0 Å². The fourth-order valence-electron chi connectivity index (χ4n) is 3.56. The van der Waals surface area contributed by atoms with Gasteiger partial charge in [0.2, 0.25) is 0 Å². The number of nitrogens with one attached hydrogen (secondary N) is 1. The number of piperazine rings is 1. The highest BCUT2D eigenvalue weighted by atomic mass is 32.2. The molecule has 152 valence electrons. The molecular weight excluding hydrogens is 383 g/mol. The highest BCUT2D eigenvalue weighted by molar-refractivity contribution is 8.03. The van der Waals surface area contributed by atoms with Gasteiger partial charge in [-0.3, -0.25) is 0 Å². The fourth-order valence-corrected chi connectivity index (χ4v) is 4.59. The summed E-state index contributed by atoms with van der Waals surface area (Å²) in [4.78, 5) is 6.13. The highest BCUT2D eigenvalue weighted by Gasteiger charge is 2.33. The van der Waals surface area contributed by atoms with Crippen LogP contribution in [-0.4, -0.2) is 44.2 Å². The summed E-state index contributed by atoms with van der Waals surface area (Å²) in [5, 5.41) is 3.34. The van der Waals surface area contributed by atoms with E-state index in [9.17, 15) is 13.2 Å². The summed E-state index contributed by atoms with van der Waals surface area (Å²) in [6, 6.07) is 3.95. The van der Waals surface area contributed by atoms with Crippen LogP contribution in [0.15, 0.2) is 59.0 Å². The molecule has 2 heterocycles. The second kappa shape index (κ2) is 9.20. The molecule has 0 amide bonds. The Kier molecular flexibility index (Phi) is 6.91. The van der Waals surface area contributed by atoms with Gasteiger partial charge in [-0.25, -0.2) is 0 Å². The molecule has 0 bridgehead atoms. The van der Waals surface area contributed by atoms with E-state index in [4.69, 9.17) is 0 Å². The van der Waals surface area contributed by atoms with Gasteiger partial charge in [0.25, 0.3) is 0 Å². The van der Waals surface area contributed by atoms with Gasteiger partial charge in [-0.15, -0.1) is 0 Å². The average Bonchev–Trinajstić information content (AvgIpc) is 2.70. The molecule has 0 spiro atoms. The first-order chi connectivity index (χ1) is 13.4. The number of alkyl halides is 3. The van der Waals surface area contributed by atoms with Crippen molar-refractivity contribution < 1.29 is 13.2 Å². The molecule has 0 aliphatic carbocycles. The molecule has 1 aromatic carbocycles. The number of nitrogens with zero attached hydrogens (tertiary/aromatic N) is 2. The predicted molar refractivity (Wildman–Crippen MR) is 111 cm³/mol. The Balaban J connectivity index is 1.77. The lowest BCUT2D eigenvalue weighted by Gasteiger charge is -2.34. The van der Waals surface area contributed by atoms with Crippen LogP contribution in [0.1, 0.15) is 18.4 Å². The van der Waals surface area contributed by atoms with Crippen molar-refractivity contribution in [2.75, 3.05) is 44.2 Å². The number of unbranched alkanes of at least 4 members (excludes halogenated alkanes) is 1. The van der Waals surface area contributed by atoms with Gasteiger partial charge in [0, 0.05) is 42.5 Å². The summed E-state index contributed by atoms with van der Waals surface area (Å²) in [6.45, 7) is 13.5. The van der Waals surface area contributed by atoms with E-state index in [1.165, 1.54) is 17.8 Å². The first kappa shape index (κ1) is 21.0. The zero-order valence-corrected chi connectivity index (χ0v) is 16.7. The molecule has 1 saturated heterocycles. The maximum atomic E-state index is 13.2. The maximum Gasteiger partial charge on any atom is 0.416 e. The van der Waals surface area contributed by atoms with Crippen molar-refractivity contribution in [1.82, 2.24) is 10.2 Å². The fraction of sp³-hybridized carbons (Fsp3) is 0.429. The Morgan fingerprint density at radius 2 is 1.79 bits per heavy atom. The second-order valence-electron chi connectivity index (χ2n) is 6.89. The summed E-state index contributed by atoms with van der Waals surface area (Å²) in [6.07, 6.45) is 1.00. The van der Waals surface area contributed by atoms with Crippen molar-refractivity contribution in [1.29, 1.82) is 0 Å². The van der Waals surface area contributed by atoms with E-state index >= 15 is 0 Å². The summed E-state index contributed by atoms with van der Waals surface area (Å²) < 4.78 is 39.7. The molecule has 0 aromatic heterocycles. The molecule has 7 heteroatoms. The smallest absolute Gasteiger partial charge is 0.340 e. The Labute approximate surface area is 169 Å². The van der Waals surface area contributed by atoms with Gasteiger partial charge >= 0.3 is 6.18 Å². The molecule has 3 nitrogen and oxygen atoms in total. The van der Waals surface area contributed by atoms with E-state index in [1.54, 1.807) is 18.2 Å². The van der Waals surface area contributed by atoms with E-state index in [1.807, 2.05) is 4.90 Å². The molecule has 1 fully saturated rings. The molecule has 0 unspecified atom stereocenters. The number of fused-ring (bicyclic) bond motifs is 1. The molecule has 1 N–H and O–H groups in total. The molecule has 2 aliphatic heterocycles. The topological polar surface area (TPSA) is 18.5 Å². The highest BCUT2D eigenvalue weighted by Crippen LogP contribution is 2.46. The van der Waals surface area contributed by atoms with Crippen LogP contribution in [0.25, 0.3) is 0 Å². The van der Waals surface area contributed by atoms with Crippen LogP contribution >= 0.6 is 11.8 Å². The summed E-state index contributed by atoms with van der Waals surface area (Å²) in [7, 11) is 0. The number of allylic oxidation sites excluding steroid dienone is 2. The Hall–Kier alpha value is -1.70. The van der Waals surface area contributed by atoms with Crippen molar-refractivity contribution in [2.24, 2.45) is 0 Å². The Morgan fingerprint density at radius 1 is 1.07 bits per heavy atom. The molecular formula is C21H26F3N3S. The molecule has 1 aromatic rings. The molecule has 0 saturated carbocycles. The number of thioether (sulfide) groups is 1. The van der Waals surface area contributed by atoms with Crippen LogP contribution < -0.4 is 10.2 Å². The van der Waals surface area contributed by atoms with Gasteiger partial charge in [0.05, 0.1) is 16.9 Å². The van der Waals surface area contributed by atoms with E-state index in [0.29, 0.717) is 12.2 Å². The lowest BCUT2D eigenvalue weighted by Crippen LogP contribution is -2.43. The summed E-state index contributed by atoms with van der Waals surface area (Å²) in [5.41, 5.74) is 0.805.